The lowest BCUT2D eigenvalue weighted by Gasteiger charge is -2.07. The predicted molar refractivity (Wildman–Crippen MR) is 95.1 cm³/mol. The van der Waals surface area contributed by atoms with Gasteiger partial charge in [0, 0.05) is 29.5 Å². The largest absolute Gasteiger partial charge is 0.497 e. The van der Waals surface area contributed by atoms with Gasteiger partial charge in [0.25, 0.3) is 5.91 Å². The highest BCUT2D eigenvalue weighted by atomic mass is 32.1. The Morgan fingerprint density at radius 1 is 1.29 bits per heavy atom. The van der Waals surface area contributed by atoms with Gasteiger partial charge >= 0.3 is 0 Å². The second-order valence-electron chi connectivity index (χ2n) is 5.47. The molecule has 24 heavy (non-hydrogen) atoms. The van der Waals surface area contributed by atoms with Gasteiger partial charge in [-0.3, -0.25) is 9.36 Å². The highest BCUT2D eigenvalue weighted by Crippen LogP contribution is 2.22. The minimum atomic E-state index is -0.0817. The summed E-state index contributed by atoms with van der Waals surface area (Å²) in [5.41, 5.74) is 3.60. The van der Waals surface area contributed by atoms with Crippen LogP contribution < -0.4 is 10.1 Å². The first kappa shape index (κ1) is 16.3. The fourth-order valence-electron chi connectivity index (χ4n) is 2.63. The van der Waals surface area contributed by atoms with Crippen LogP contribution >= 0.6 is 11.3 Å². The summed E-state index contributed by atoms with van der Waals surface area (Å²) in [6, 6.07) is 9.56. The Balaban J connectivity index is 1.74. The van der Waals surface area contributed by atoms with Crippen LogP contribution in [0.15, 0.2) is 41.9 Å². The third-order valence-corrected chi connectivity index (χ3v) is 4.66. The van der Waals surface area contributed by atoms with E-state index in [0.29, 0.717) is 12.1 Å². The fraction of sp³-hybridized carbons (Fsp3) is 0.222. The van der Waals surface area contributed by atoms with Crippen LogP contribution in [0.1, 0.15) is 27.3 Å². The van der Waals surface area contributed by atoms with Crippen LogP contribution in [0.3, 0.4) is 0 Å². The molecule has 0 fully saturated rings. The molecule has 0 bridgehead atoms. The van der Waals surface area contributed by atoms with Gasteiger partial charge in [0.1, 0.15) is 5.75 Å². The van der Waals surface area contributed by atoms with Gasteiger partial charge in [0.05, 0.1) is 12.7 Å². The van der Waals surface area contributed by atoms with Gasteiger partial charge in [0.2, 0.25) is 0 Å². The maximum atomic E-state index is 12.5. The molecule has 3 rings (SSSR count). The van der Waals surface area contributed by atoms with Crippen LogP contribution in [0.4, 0.5) is 0 Å². The van der Waals surface area contributed by atoms with Crippen molar-refractivity contribution in [3.63, 3.8) is 0 Å². The fourth-order valence-corrected chi connectivity index (χ4v) is 3.39. The smallest absolute Gasteiger partial charge is 0.253 e. The topological polar surface area (TPSA) is 56.1 Å². The quantitative estimate of drug-likeness (QED) is 0.773. The van der Waals surface area contributed by atoms with Crippen LogP contribution in [0.25, 0.3) is 5.13 Å². The standard InChI is InChI=1S/C18H19N3O2S/c1-12-10-16(13(2)21(12)18-19-8-9-24-18)17(22)20-11-14-4-6-15(23-3)7-5-14/h4-10H,11H2,1-3H3,(H,20,22). The second kappa shape index (κ2) is 6.88. The molecule has 1 aromatic carbocycles. The molecule has 0 radical (unpaired) electrons. The maximum absolute atomic E-state index is 12.5. The number of carbonyl (C=O) groups is 1. The molecule has 0 unspecified atom stereocenters. The zero-order chi connectivity index (χ0) is 17.1. The first-order valence-corrected chi connectivity index (χ1v) is 8.48. The molecule has 1 amide bonds. The predicted octanol–water partition coefficient (Wildman–Crippen LogP) is 3.49. The van der Waals surface area contributed by atoms with Crippen molar-refractivity contribution in [2.24, 2.45) is 0 Å². The van der Waals surface area contributed by atoms with E-state index in [2.05, 4.69) is 10.3 Å². The van der Waals surface area contributed by atoms with Crippen LogP contribution in [0.5, 0.6) is 5.75 Å². The van der Waals surface area contributed by atoms with Gasteiger partial charge in [0.15, 0.2) is 5.13 Å². The Hall–Kier alpha value is -2.60. The van der Waals surface area contributed by atoms with Crippen LogP contribution in [0, 0.1) is 13.8 Å². The number of thiazole rings is 1. The molecule has 0 saturated carbocycles. The molecular weight excluding hydrogens is 322 g/mol. The van der Waals surface area contributed by atoms with Crippen molar-refractivity contribution in [2.75, 3.05) is 7.11 Å². The third-order valence-electron chi connectivity index (χ3n) is 3.90. The number of benzene rings is 1. The highest BCUT2D eigenvalue weighted by molar-refractivity contribution is 7.12. The van der Waals surface area contributed by atoms with Crippen molar-refractivity contribution in [3.8, 4) is 10.9 Å². The van der Waals surface area contributed by atoms with Crippen molar-refractivity contribution in [1.29, 1.82) is 0 Å². The number of nitrogens with one attached hydrogen (secondary N) is 1. The molecule has 2 aromatic heterocycles. The first-order valence-electron chi connectivity index (χ1n) is 7.60. The molecule has 0 spiro atoms. The van der Waals surface area contributed by atoms with Crippen LogP contribution in [-0.2, 0) is 6.54 Å². The average Bonchev–Trinajstić information content (AvgIpc) is 3.21. The number of aromatic nitrogens is 2. The molecule has 3 aromatic rings. The Morgan fingerprint density at radius 3 is 2.67 bits per heavy atom. The van der Waals surface area contributed by atoms with Crippen LogP contribution in [-0.4, -0.2) is 22.6 Å². The lowest BCUT2D eigenvalue weighted by atomic mass is 10.2. The Kier molecular flexibility index (Phi) is 4.66. The molecule has 0 aliphatic carbocycles. The van der Waals surface area contributed by atoms with Crippen molar-refractivity contribution in [2.45, 2.75) is 20.4 Å². The summed E-state index contributed by atoms with van der Waals surface area (Å²) in [6.45, 7) is 4.40. The molecule has 124 valence electrons. The summed E-state index contributed by atoms with van der Waals surface area (Å²) in [4.78, 5) is 16.9. The highest BCUT2D eigenvalue weighted by Gasteiger charge is 2.17. The van der Waals surface area contributed by atoms with E-state index in [1.165, 1.54) is 0 Å². The van der Waals surface area contributed by atoms with E-state index in [0.717, 1.165) is 27.8 Å². The summed E-state index contributed by atoms with van der Waals surface area (Å²) in [7, 11) is 1.63. The summed E-state index contributed by atoms with van der Waals surface area (Å²) < 4.78 is 7.14. The van der Waals surface area contributed by atoms with E-state index in [1.54, 1.807) is 24.6 Å². The summed E-state index contributed by atoms with van der Waals surface area (Å²) >= 11 is 1.55. The SMILES string of the molecule is COc1ccc(CNC(=O)c2cc(C)n(-c3nccs3)c2C)cc1. The third kappa shape index (κ3) is 3.19. The van der Waals surface area contributed by atoms with Crippen molar-refractivity contribution < 1.29 is 9.53 Å². The Morgan fingerprint density at radius 2 is 2.04 bits per heavy atom. The number of hydrogen-bond donors (Lipinski definition) is 1. The Labute approximate surface area is 144 Å². The van der Waals surface area contributed by atoms with E-state index >= 15 is 0 Å². The number of rotatable bonds is 5. The van der Waals surface area contributed by atoms with Gasteiger partial charge in [-0.2, -0.15) is 0 Å². The van der Waals surface area contributed by atoms with E-state index in [-0.39, 0.29) is 5.91 Å². The minimum Gasteiger partial charge on any atom is -0.497 e. The molecule has 0 saturated heterocycles. The van der Waals surface area contributed by atoms with Crippen molar-refractivity contribution >= 4 is 17.2 Å². The van der Waals surface area contributed by atoms with Gasteiger partial charge < -0.3 is 10.1 Å². The number of carbonyl (C=O) groups excluding carboxylic acids is 1. The molecule has 1 N–H and O–H groups in total. The first-order chi connectivity index (χ1) is 11.6. The molecule has 5 nitrogen and oxygen atoms in total. The number of nitrogens with zero attached hydrogens (tertiary/aromatic N) is 2. The van der Waals surface area contributed by atoms with Crippen LogP contribution in [0.2, 0.25) is 0 Å². The van der Waals surface area contributed by atoms with Gasteiger partial charge in [-0.15, -0.1) is 11.3 Å². The monoisotopic (exact) mass is 341 g/mol. The lowest BCUT2D eigenvalue weighted by molar-refractivity contribution is 0.0950. The number of hydrogen-bond acceptors (Lipinski definition) is 4. The van der Waals surface area contributed by atoms with Gasteiger partial charge in [-0.05, 0) is 37.6 Å². The average molecular weight is 341 g/mol. The van der Waals surface area contributed by atoms with Crippen molar-refractivity contribution in [3.05, 3.63) is 64.4 Å². The van der Waals surface area contributed by atoms with E-state index in [4.69, 9.17) is 4.74 Å². The van der Waals surface area contributed by atoms with E-state index in [1.807, 2.05) is 54.1 Å². The molecule has 2 heterocycles. The van der Waals surface area contributed by atoms with Crippen molar-refractivity contribution in [1.82, 2.24) is 14.9 Å². The van der Waals surface area contributed by atoms with Gasteiger partial charge in [-0.25, -0.2) is 4.98 Å². The molecule has 0 aliphatic heterocycles. The zero-order valence-corrected chi connectivity index (χ0v) is 14.7. The molecular formula is C18H19N3O2S. The molecule has 6 heteroatoms. The number of aryl methyl sites for hydroxylation is 1. The second-order valence-corrected chi connectivity index (χ2v) is 6.34. The summed E-state index contributed by atoms with van der Waals surface area (Å²) in [5.74, 6) is 0.721. The number of ether oxygens (including phenoxy) is 1. The normalized spacial score (nSPS) is 10.6. The number of methoxy groups -OCH3 is 1. The Bertz CT molecular complexity index is 836. The molecule has 0 atom stereocenters. The lowest BCUT2D eigenvalue weighted by Crippen LogP contribution is -2.23. The maximum Gasteiger partial charge on any atom is 0.253 e. The molecule has 0 aliphatic rings. The van der Waals surface area contributed by atoms with E-state index < -0.39 is 0 Å². The number of amides is 1. The zero-order valence-electron chi connectivity index (χ0n) is 13.9. The summed E-state index contributed by atoms with van der Waals surface area (Å²) in [6.07, 6.45) is 1.77. The van der Waals surface area contributed by atoms with E-state index in [9.17, 15) is 4.79 Å². The summed E-state index contributed by atoms with van der Waals surface area (Å²) in [5, 5.41) is 5.77. The minimum absolute atomic E-state index is 0.0817. The van der Waals surface area contributed by atoms with Gasteiger partial charge in [-0.1, -0.05) is 12.1 Å².